The number of nitrogens with two attached hydrogens (primary N) is 1. The molecule has 2 unspecified atom stereocenters. The molecule has 1 aromatic carbocycles. The molecule has 0 aliphatic carbocycles. The second kappa shape index (κ2) is 6.04. The Morgan fingerprint density at radius 2 is 2.11 bits per heavy atom. The summed E-state index contributed by atoms with van der Waals surface area (Å²) < 4.78 is 11.2. The fraction of sp³-hybridized carbons (Fsp3) is 0.385. The average Bonchev–Trinajstić information content (AvgIpc) is 2.87. The van der Waals surface area contributed by atoms with Crippen molar-refractivity contribution in [3.05, 3.63) is 41.1 Å². The van der Waals surface area contributed by atoms with Gasteiger partial charge in [0.1, 0.15) is 5.75 Å². The maximum Gasteiger partial charge on any atom is 0.256 e. The van der Waals surface area contributed by atoms with E-state index >= 15 is 0 Å². The Labute approximate surface area is 116 Å². The van der Waals surface area contributed by atoms with E-state index < -0.39 is 0 Å². The van der Waals surface area contributed by atoms with E-state index in [0.29, 0.717) is 22.6 Å². The lowest BCUT2D eigenvalue weighted by Crippen LogP contribution is -2.08. The van der Waals surface area contributed by atoms with Crippen LogP contribution in [0, 0.1) is 0 Å². The van der Waals surface area contributed by atoms with Gasteiger partial charge in [0.25, 0.3) is 5.89 Å². The van der Waals surface area contributed by atoms with E-state index in [1.54, 1.807) is 12.1 Å². The highest BCUT2D eigenvalue weighted by Crippen LogP contribution is 2.24. The first-order valence-corrected chi connectivity index (χ1v) is 6.49. The van der Waals surface area contributed by atoms with E-state index in [-0.39, 0.29) is 12.1 Å². The molecule has 2 aromatic rings. The van der Waals surface area contributed by atoms with Gasteiger partial charge in [-0.15, -0.1) is 10.2 Å². The smallest absolute Gasteiger partial charge is 0.256 e. The van der Waals surface area contributed by atoms with Crippen molar-refractivity contribution >= 4 is 11.6 Å². The highest BCUT2D eigenvalue weighted by Gasteiger charge is 2.18. The van der Waals surface area contributed by atoms with Crippen molar-refractivity contribution in [1.82, 2.24) is 10.2 Å². The molecule has 0 amide bonds. The molecule has 2 atom stereocenters. The molecule has 2 N–H and O–H groups in total. The van der Waals surface area contributed by atoms with Crippen LogP contribution in [0.25, 0.3) is 0 Å². The molecule has 0 saturated carbocycles. The summed E-state index contributed by atoms with van der Waals surface area (Å²) in [4.78, 5) is 0. The average molecular weight is 282 g/mol. The van der Waals surface area contributed by atoms with Crippen LogP contribution in [0.4, 0.5) is 0 Å². The van der Waals surface area contributed by atoms with E-state index in [1.807, 2.05) is 26.0 Å². The largest absolute Gasteiger partial charge is 0.481 e. The lowest BCUT2D eigenvalue weighted by molar-refractivity contribution is 0.184. The predicted octanol–water partition coefficient (Wildman–Crippen LogP) is 3.27. The third kappa shape index (κ3) is 3.45. The number of nitrogens with zero attached hydrogens (tertiary/aromatic N) is 2. The zero-order valence-corrected chi connectivity index (χ0v) is 11.6. The second-order valence-electron chi connectivity index (χ2n) is 4.21. The zero-order chi connectivity index (χ0) is 13.8. The minimum atomic E-state index is -0.358. The standard InChI is InChI=1S/C13H16ClN3O2/c1-3-11(15)13-17-16-12(19-13)8(2)18-10-6-4-5-9(14)7-10/h4-8,11H,3,15H2,1-2H3. The highest BCUT2D eigenvalue weighted by molar-refractivity contribution is 6.30. The highest BCUT2D eigenvalue weighted by atomic mass is 35.5. The molecule has 0 spiro atoms. The van der Waals surface area contributed by atoms with Crippen molar-refractivity contribution in [3.63, 3.8) is 0 Å². The Morgan fingerprint density at radius 3 is 2.79 bits per heavy atom. The molecular weight excluding hydrogens is 266 g/mol. The molecular formula is C13H16ClN3O2. The molecule has 102 valence electrons. The fourth-order valence-corrected chi connectivity index (χ4v) is 1.71. The summed E-state index contributed by atoms with van der Waals surface area (Å²) in [7, 11) is 0. The number of ether oxygens (including phenoxy) is 1. The summed E-state index contributed by atoms with van der Waals surface area (Å²) in [5, 5.41) is 8.48. The third-order valence-corrected chi connectivity index (χ3v) is 2.91. The summed E-state index contributed by atoms with van der Waals surface area (Å²) in [6.45, 7) is 3.79. The third-order valence-electron chi connectivity index (χ3n) is 2.67. The minimum Gasteiger partial charge on any atom is -0.481 e. The molecule has 1 aromatic heterocycles. The number of rotatable bonds is 5. The summed E-state index contributed by atoms with van der Waals surface area (Å²) in [6.07, 6.45) is 0.384. The molecule has 0 aliphatic heterocycles. The lowest BCUT2D eigenvalue weighted by Gasteiger charge is -2.11. The van der Waals surface area contributed by atoms with Gasteiger partial charge in [-0.25, -0.2) is 0 Å². The summed E-state index contributed by atoms with van der Waals surface area (Å²) >= 11 is 5.89. The first kappa shape index (κ1) is 13.8. The summed E-state index contributed by atoms with van der Waals surface area (Å²) in [5.41, 5.74) is 5.83. The predicted molar refractivity (Wildman–Crippen MR) is 72.0 cm³/mol. The maximum atomic E-state index is 5.89. The van der Waals surface area contributed by atoms with Crippen LogP contribution in [0.5, 0.6) is 5.75 Å². The quantitative estimate of drug-likeness (QED) is 0.910. The van der Waals surface area contributed by atoms with Crippen molar-refractivity contribution in [3.8, 4) is 5.75 Å². The summed E-state index contributed by atoms with van der Waals surface area (Å²) in [5.74, 6) is 1.48. The fourth-order valence-electron chi connectivity index (χ4n) is 1.53. The van der Waals surface area contributed by atoms with E-state index in [9.17, 15) is 0 Å². The van der Waals surface area contributed by atoms with E-state index in [0.717, 1.165) is 6.42 Å². The number of benzene rings is 1. The number of aromatic nitrogens is 2. The van der Waals surface area contributed by atoms with Crippen LogP contribution in [0.1, 0.15) is 44.2 Å². The SMILES string of the molecule is CCC(N)c1nnc(C(C)Oc2cccc(Cl)c2)o1. The van der Waals surface area contributed by atoms with Crippen molar-refractivity contribution in [2.75, 3.05) is 0 Å². The molecule has 0 radical (unpaired) electrons. The molecule has 19 heavy (non-hydrogen) atoms. The van der Waals surface area contributed by atoms with Crippen LogP contribution < -0.4 is 10.5 Å². The van der Waals surface area contributed by atoms with Gasteiger partial charge in [-0.2, -0.15) is 0 Å². The molecule has 6 heteroatoms. The molecule has 2 rings (SSSR count). The first-order valence-electron chi connectivity index (χ1n) is 6.11. The Bertz CT molecular complexity index is 544. The van der Waals surface area contributed by atoms with Crippen LogP contribution in [-0.2, 0) is 0 Å². The monoisotopic (exact) mass is 281 g/mol. The van der Waals surface area contributed by atoms with Gasteiger partial charge >= 0.3 is 0 Å². The Hall–Kier alpha value is -1.59. The first-order chi connectivity index (χ1) is 9.10. The molecule has 0 saturated heterocycles. The van der Waals surface area contributed by atoms with Gasteiger partial charge in [-0.1, -0.05) is 24.6 Å². The lowest BCUT2D eigenvalue weighted by atomic mass is 10.2. The van der Waals surface area contributed by atoms with E-state index in [4.69, 9.17) is 26.5 Å². The van der Waals surface area contributed by atoms with Crippen molar-refractivity contribution in [2.24, 2.45) is 5.73 Å². The van der Waals surface area contributed by atoms with Crippen LogP contribution >= 0.6 is 11.6 Å². The van der Waals surface area contributed by atoms with E-state index in [1.165, 1.54) is 0 Å². The number of hydrogen-bond acceptors (Lipinski definition) is 5. The summed E-state index contributed by atoms with van der Waals surface area (Å²) in [6, 6.07) is 6.91. The van der Waals surface area contributed by atoms with Crippen molar-refractivity contribution < 1.29 is 9.15 Å². The Balaban J connectivity index is 2.07. The van der Waals surface area contributed by atoms with E-state index in [2.05, 4.69) is 10.2 Å². The topological polar surface area (TPSA) is 74.2 Å². The van der Waals surface area contributed by atoms with Gasteiger partial charge in [0, 0.05) is 5.02 Å². The van der Waals surface area contributed by atoms with Gasteiger partial charge in [0.15, 0.2) is 6.10 Å². The Morgan fingerprint density at radius 1 is 1.37 bits per heavy atom. The molecule has 5 nitrogen and oxygen atoms in total. The molecule has 0 bridgehead atoms. The van der Waals surface area contributed by atoms with Crippen LogP contribution in [0.15, 0.2) is 28.7 Å². The van der Waals surface area contributed by atoms with Gasteiger partial charge in [0.05, 0.1) is 6.04 Å². The normalized spacial score (nSPS) is 14.1. The number of hydrogen-bond donors (Lipinski definition) is 1. The van der Waals surface area contributed by atoms with Gasteiger partial charge in [-0.3, -0.25) is 0 Å². The van der Waals surface area contributed by atoms with Crippen molar-refractivity contribution in [2.45, 2.75) is 32.4 Å². The van der Waals surface area contributed by atoms with Gasteiger partial charge in [-0.05, 0) is 31.5 Å². The molecule has 0 aliphatic rings. The van der Waals surface area contributed by atoms with Crippen LogP contribution in [0.2, 0.25) is 5.02 Å². The van der Waals surface area contributed by atoms with Crippen LogP contribution in [-0.4, -0.2) is 10.2 Å². The van der Waals surface area contributed by atoms with Gasteiger partial charge < -0.3 is 14.9 Å². The maximum absolute atomic E-state index is 5.89. The second-order valence-corrected chi connectivity index (χ2v) is 4.65. The van der Waals surface area contributed by atoms with Gasteiger partial charge in [0.2, 0.25) is 5.89 Å². The molecule has 0 fully saturated rings. The molecule has 1 heterocycles. The Kier molecular flexibility index (Phi) is 4.39. The van der Waals surface area contributed by atoms with Crippen LogP contribution in [0.3, 0.4) is 0 Å². The number of halogens is 1. The minimum absolute atomic E-state index is 0.236. The van der Waals surface area contributed by atoms with Crippen molar-refractivity contribution in [1.29, 1.82) is 0 Å². The zero-order valence-electron chi connectivity index (χ0n) is 10.8.